The molecule has 0 unspecified atom stereocenters. The van der Waals surface area contributed by atoms with Gasteiger partial charge in [0.15, 0.2) is 5.11 Å². The zero-order chi connectivity index (χ0) is 14.2. The minimum Gasteiger partial charge on any atom is -0.328 e. The first-order chi connectivity index (χ1) is 8.90. The van der Waals surface area contributed by atoms with Crippen molar-refractivity contribution < 1.29 is 4.79 Å². The SMILES string of the molecule is CC(C)CN1C(=O)/C(=C\c2c(Br)cnn2C)NC1=S. The number of aromatic nitrogens is 2. The third kappa shape index (κ3) is 2.87. The van der Waals surface area contributed by atoms with E-state index in [4.69, 9.17) is 12.2 Å². The second kappa shape index (κ2) is 5.42. The number of carbonyl (C=O) groups excluding carboxylic acids is 1. The van der Waals surface area contributed by atoms with Crippen molar-refractivity contribution in [2.45, 2.75) is 13.8 Å². The molecular formula is C12H15BrN4OS. The minimum atomic E-state index is -0.0909. The molecule has 0 aliphatic carbocycles. The highest BCUT2D eigenvalue weighted by Crippen LogP contribution is 2.20. The Kier molecular flexibility index (Phi) is 4.05. The number of halogens is 1. The number of rotatable bonds is 3. The van der Waals surface area contributed by atoms with Crippen LogP contribution < -0.4 is 5.32 Å². The van der Waals surface area contributed by atoms with Gasteiger partial charge in [-0.3, -0.25) is 14.4 Å². The van der Waals surface area contributed by atoms with E-state index in [1.165, 1.54) is 0 Å². The molecule has 1 fully saturated rings. The van der Waals surface area contributed by atoms with Crippen LogP contribution in [0.3, 0.4) is 0 Å². The molecular weight excluding hydrogens is 328 g/mol. The predicted molar refractivity (Wildman–Crippen MR) is 81.2 cm³/mol. The second-order valence-corrected chi connectivity index (χ2v) is 6.04. The van der Waals surface area contributed by atoms with E-state index in [9.17, 15) is 4.79 Å². The summed E-state index contributed by atoms with van der Waals surface area (Å²) in [6, 6.07) is 0. The van der Waals surface area contributed by atoms with Crippen LogP contribution in [0.4, 0.5) is 0 Å². The lowest BCUT2D eigenvalue weighted by Crippen LogP contribution is -2.33. The quantitative estimate of drug-likeness (QED) is 0.673. The molecule has 0 aromatic carbocycles. The van der Waals surface area contributed by atoms with Gasteiger partial charge >= 0.3 is 0 Å². The fourth-order valence-corrected chi connectivity index (χ4v) is 2.55. The van der Waals surface area contributed by atoms with Crippen molar-refractivity contribution in [1.29, 1.82) is 0 Å². The van der Waals surface area contributed by atoms with Gasteiger partial charge in [0.25, 0.3) is 5.91 Å². The zero-order valence-corrected chi connectivity index (χ0v) is 13.4. The third-order valence-corrected chi connectivity index (χ3v) is 3.66. The number of hydrogen-bond acceptors (Lipinski definition) is 3. The van der Waals surface area contributed by atoms with Crippen LogP contribution in [0.15, 0.2) is 16.4 Å². The summed E-state index contributed by atoms with van der Waals surface area (Å²) in [5.41, 5.74) is 1.31. The fourth-order valence-electron chi connectivity index (χ4n) is 1.82. The van der Waals surface area contributed by atoms with Gasteiger partial charge in [-0.05, 0) is 40.1 Å². The number of thiocarbonyl (C=S) groups is 1. The van der Waals surface area contributed by atoms with Crippen LogP contribution in [-0.4, -0.2) is 32.2 Å². The average Bonchev–Trinajstić information content (AvgIpc) is 2.77. The molecule has 0 saturated carbocycles. The molecule has 1 saturated heterocycles. The van der Waals surface area contributed by atoms with E-state index in [1.54, 1.807) is 21.9 Å². The highest BCUT2D eigenvalue weighted by molar-refractivity contribution is 9.10. The average molecular weight is 343 g/mol. The van der Waals surface area contributed by atoms with Gasteiger partial charge in [0, 0.05) is 13.6 Å². The number of aryl methyl sites for hydroxylation is 1. The molecule has 0 atom stereocenters. The van der Waals surface area contributed by atoms with Gasteiger partial charge < -0.3 is 5.32 Å². The molecule has 1 aromatic rings. The molecule has 0 spiro atoms. The van der Waals surface area contributed by atoms with Crippen molar-refractivity contribution >= 4 is 45.2 Å². The number of carbonyl (C=O) groups is 1. The highest BCUT2D eigenvalue weighted by atomic mass is 79.9. The third-order valence-electron chi connectivity index (χ3n) is 2.73. The van der Waals surface area contributed by atoms with E-state index < -0.39 is 0 Å². The Morgan fingerprint density at radius 2 is 2.26 bits per heavy atom. The summed E-state index contributed by atoms with van der Waals surface area (Å²) in [4.78, 5) is 13.9. The molecule has 5 nitrogen and oxygen atoms in total. The lowest BCUT2D eigenvalue weighted by molar-refractivity contribution is -0.122. The van der Waals surface area contributed by atoms with Gasteiger partial charge in [0.1, 0.15) is 5.70 Å². The van der Waals surface area contributed by atoms with E-state index in [-0.39, 0.29) is 5.91 Å². The molecule has 1 N–H and O–H groups in total. The van der Waals surface area contributed by atoms with Gasteiger partial charge in [0.05, 0.1) is 16.4 Å². The maximum absolute atomic E-state index is 12.3. The maximum atomic E-state index is 12.3. The molecule has 19 heavy (non-hydrogen) atoms. The van der Waals surface area contributed by atoms with E-state index in [1.807, 2.05) is 7.05 Å². The summed E-state index contributed by atoms with van der Waals surface area (Å²) in [6.45, 7) is 4.72. The van der Waals surface area contributed by atoms with Gasteiger partial charge in [-0.2, -0.15) is 5.10 Å². The summed E-state index contributed by atoms with van der Waals surface area (Å²) >= 11 is 8.59. The van der Waals surface area contributed by atoms with Crippen LogP contribution >= 0.6 is 28.1 Å². The highest BCUT2D eigenvalue weighted by Gasteiger charge is 2.31. The summed E-state index contributed by atoms with van der Waals surface area (Å²) < 4.78 is 2.53. The van der Waals surface area contributed by atoms with E-state index in [2.05, 4.69) is 40.2 Å². The van der Waals surface area contributed by atoms with Crippen molar-refractivity contribution in [1.82, 2.24) is 20.0 Å². The van der Waals surface area contributed by atoms with Gasteiger partial charge in [0.2, 0.25) is 0 Å². The van der Waals surface area contributed by atoms with Gasteiger partial charge in [-0.25, -0.2) is 0 Å². The van der Waals surface area contributed by atoms with E-state index in [0.717, 1.165) is 10.2 Å². The molecule has 0 bridgehead atoms. The summed E-state index contributed by atoms with van der Waals surface area (Å²) in [7, 11) is 1.82. The Hall–Kier alpha value is -1.21. The Labute approximate surface area is 125 Å². The van der Waals surface area contributed by atoms with Crippen LogP contribution in [0, 0.1) is 5.92 Å². The maximum Gasteiger partial charge on any atom is 0.276 e. The van der Waals surface area contributed by atoms with Crippen LogP contribution in [0.2, 0.25) is 0 Å². The zero-order valence-electron chi connectivity index (χ0n) is 11.0. The fraction of sp³-hybridized carbons (Fsp3) is 0.417. The minimum absolute atomic E-state index is 0.0909. The standard InChI is InChI=1S/C12H15BrN4OS/c1-7(2)6-17-11(18)9(15-12(17)19)4-10-8(13)5-14-16(10)3/h4-5,7H,6H2,1-3H3,(H,15,19)/b9-4+. The normalized spacial score (nSPS) is 17.7. The summed E-state index contributed by atoms with van der Waals surface area (Å²) in [6.07, 6.45) is 3.45. The largest absolute Gasteiger partial charge is 0.328 e. The smallest absolute Gasteiger partial charge is 0.276 e. The van der Waals surface area contributed by atoms with E-state index in [0.29, 0.717) is 23.3 Å². The topological polar surface area (TPSA) is 50.2 Å². The van der Waals surface area contributed by atoms with Crippen molar-refractivity contribution in [2.75, 3.05) is 6.54 Å². The van der Waals surface area contributed by atoms with Crippen LogP contribution in [0.1, 0.15) is 19.5 Å². The molecule has 2 heterocycles. The van der Waals surface area contributed by atoms with Crippen molar-refractivity contribution in [3.8, 4) is 0 Å². The summed E-state index contributed by atoms with van der Waals surface area (Å²) in [5, 5.41) is 7.53. The molecule has 0 radical (unpaired) electrons. The second-order valence-electron chi connectivity index (χ2n) is 4.80. The van der Waals surface area contributed by atoms with Crippen molar-refractivity contribution in [2.24, 2.45) is 13.0 Å². The molecule has 1 amide bonds. The summed E-state index contributed by atoms with van der Waals surface area (Å²) in [5.74, 6) is 0.276. The number of amides is 1. The molecule has 1 aliphatic rings. The van der Waals surface area contributed by atoms with E-state index >= 15 is 0 Å². The Morgan fingerprint density at radius 1 is 1.58 bits per heavy atom. The Morgan fingerprint density at radius 3 is 2.79 bits per heavy atom. The first-order valence-corrected chi connectivity index (χ1v) is 7.12. The Balaban J connectivity index is 2.28. The van der Waals surface area contributed by atoms with Crippen LogP contribution in [-0.2, 0) is 11.8 Å². The molecule has 102 valence electrons. The number of hydrogen-bond donors (Lipinski definition) is 1. The lowest BCUT2D eigenvalue weighted by Gasteiger charge is -2.15. The number of nitrogens with one attached hydrogen (secondary N) is 1. The van der Waals surface area contributed by atoms with Crippen LogP contribution in [0.5, 0.6) is 0 Å². The van der Waals surface area contributed by atoms with Gasteiger partial charge in [-0.1, -0.05) is 13.8 Å². The molecule has 1 aliphatic heterocycles. The van der Waals surface area contributed by atoms with Crippen molar-refractivity contribution in [3.63, 3.8) is 0 Å². The predicted octanol–water partition coefficient (Wildman–Crippen LogP) is 1.90. The van der Waals surface area contributed by atoms with Crippen LogP contribution in [0.25, 0.3) is 6.08 Å². The Bertz CT molecular complexity index is 545. The first kappa shape index (κ1) is 14.2. The van der Waals surface area contributed by atoms with Gasteiger partial charge in [-0.15, -0.1) is 0 Å². The van der Waals surface area contributed by atoms with Crippen molar-refractivity contribution in [3.05, 3.63) is 22.1 Å². The monoisotopic (exact) mass is 342 g/mol. The molecule has 2 rings (SSSR count). The molecule has 7 heteroatoms. The number of nitrogens with zero attached hydrogens (tertiary/aromatic N) is 3. The first-order valence-electron chi connectivity index (χ1n) is 5.92. The molecule has 1 aromatic heterocycles. The lowest BCUT2D eigenvalue weighted by atomic mass is 10.2.